The number of carbonyl (C=O) groups is 2. The monoisotopic (exact) mass is 402 g/mol. The first-order valence-electron chi connectivity index (χ1n) is 9.07. The van der Waals surface area contributed by atoms with Crippen LogP contribution in [0, 0.1) is 5.82 Å². The number of hydrogen-bond donors (Lipinski definition) is 0. The average molecular weight is 402 g/mol. The highest BCUT2D eigenvalue weighted by molar-refractivity contribution is 7.90. The zero-order valence-electron chi connectivity index (χ0n) is 15.3. The maximum Gasteiger partial charge on any atom is 0.269 e. The van der Waals surface area contributed by atoms with Crippen molar-refractivity contribution in [3.8, 4) is 0 Å². The molecule has 1 atom stereocenters. The molecule has 2 aliphatic heterocycles. The summed E-state index contributed by atoms with van der Waals surface area (Å²) in [6, 6.07) is 10.2. The fourth-order valence-corrected chi connectivity index (χ4v) is 5.44. The number of nitrogens with zero attached hydrogens (tertiary/aromatic N) is 2. The molecule has 0 unspecified atom stereocenters. The second kappa shape index (κ2) is 6.70. The second-order valence-electron chi connectivity index (χ2n) is 7.05. The van der Waals surface area contributed by atoms with Gasteiger partial charge in [0.1, 0.15) is 10.7 Å². The van der Waals surface area contributed by atoms with Crippen molar-refractivity contribution in [2.24, 2.45) is 0 Å². The van der Waals surface area contributed by atoms with Crippen LogP contribution >= 0.6 is 0 Å². The van der Waals surface area contributed by atoms with Gasteiger partial charge in [0.25, 0.3) is 15.9 Å². The van der Waals surface area contributed by atoms with E-state index in [1.54, 1.807) is 23.1 Å². The molecule has 2 heterocycles. The number of halogens is 1. The van der Waals surface area contributed by atoms with Gasteiger partial charge in [0.05, 0.1) is 5.56 Å². The summed E-state index contributed by atoms with van der Waals surface area (Å²) in [7, 11) is -3.94. The maximum absolute atomic E-state index is 13.5. The van der Waals surface area contributed by atoms with Crippen LogP contribution in [0.25, 0.3) is 0 Å². The molecule has 2 aromatic rings. The Bertz CT molecular complexity index is 1080. The van der Waals surface area contributed by atoms with E-state index >= 15 is 0 Å². The summed E-state index contributed by atoms with van der Waals surface area (Å²) in [4.78, 5) is 26.9. The minimum Gasteiger partial charge on any atom is -0.309 e. The second-order valence-corrected chi connectivity index (χ2v) is 8.88. The molecule has 0 bridgehead atoms. The van der Waals surface area contributed by atoms with Crippen molar-refractivity contribution >= 4 is 27.5 Å². The van der Waals surface area contributed by atoms with Crippen molar-refractivity contribution in [1.29, 1.82) is 0 Å². The van der Waals surface area contributed by atoms with E-state index in [1.165, 1.54) is 24.3 Å². The third kappa shape index (κ3) is 2.88. The highest BCUT2D eigenvalue weighted by Gasteiger charge is 2.41. The Hall–Kier alpha value is -2.74. The minimum absolute atomic E-state index is 0.0281. The molecule has 0 spiro atoms. The zero-order valence-corrected chi connectivity index (χ0v) is 16.1. The Morgan fingerprint density at radius 1 is 1.21 bits per heavy atom. The van der Waals surface area contributed by atoms with Gasteiger partial charge in [0.2, 0.25) is 5.91 Å². The normalized spacial score (nSPS) is 20.1. The van der Waals surface area contributed by atoms with E-state index in [1.807, 2.05) is 6.92 Å². The number of fused-ring (bicyclic) bond motifs is 2. The van der Waals surface area contributed by atoms with E-state index in [9.17, 15) is 22.4 Å². The lowest BCUT2D eigenvalue weighted by Gasteiger charge is -2.35. The lowest BCUT2D eigenvalue weighted by molar-refractivity contribution is -0.119. The topological polar surface area (TPSA) is 74.8 Å². The number of sulfonamides is 1. The van der Waals surface area contributed by atoms with Gasteiger partial charge in [-0.2, -0.15) is 0 Å². The first-order chi connectivity index (χ1) is 13.3. The number of amides is 2. The fraction of sp³-hybridized carbons (Fsp3) is 0.300. The quantitative estimate of drug-likeness (QED) is 0.791. The van der Waals surface area contributed by atoms with E-state index < -0.39 is 15.9 Å². The lowest BCUT2D eigenvalue weighted by Crippen LogP contribution is -2.44. The Labute approximate surface area is 162 Å². The molecule has 0 fully saturated rings. The van der Waals surface area contributed by atoms with Crippen molar-refractivity contribution in [3.63, 3.8) is 0 Å². The van der Waals surface area contributed by atoms with Crippen LogP contribution in [0.15, 0.2) is 47.4 Å². The van der Waals surface area contributed by atoms with Crippen LogP contribution in [0.5, 0.6) is 0 Å². The van der Waals surface area contributed by atoms with E-state index in [0.717, 1.165) is 9.87 Å². The smallest absolute Gasteiger partial charge is 0.269 e. The summed E-state index contributed by atoms with van der Waals surface area (Å²) in [6.45, 7) is 1.67. The SMILES string of the molecule is C[C@H]1CCc2cc(F)ccc2N1C(=O)CCN1C(=O)c2ccccc2S1(=O)=O. The largest absolute Gasteiger partial charge is 0.309 e. The molecule has 0 radical (unpaired) electrons. The van der Waals surface area contributed by atoms with Crippen molar-refractivity contribution < 1.29 is 22.4 Å². The molecular formula is C20H19FN2O4S. The van der Waals surface area contributed by atoms with Crippen LogP contribution in [0.1, 0.15) is 35.7 Å². The summed E-state index contributed by atoms with van der Waals surface area (Å²) in [5.41, 5.74) is 1.52. The van der Waals surface area contributed by atoms with Gasteiger partial charge < -0.3 is 4.90 Å². The highest BCUT2D eigenvalue weighted by atomic mass is 32.2. The number of carbonyl (C=O) groups excluding carboxylic acids is 2. The molecule has 28 heavy (non-hydrogen) atoms. The molecule has 4 rings (SSSR count). The number of rotatable bonds is 3. The van der Waals surface area contributed by atoms with Gasteiger partial charge in [0.15, 0.2) is 0 Å². The van der Waals surface area contributed by atoms with Gasteiger partial charge in [-0.15, -0.1) is 0 Å². The molecule has 0 aromatic heterocycles. The van der Waals surface area contributed by atoms with Crippen molar-refractivity contribution in [2.75, 3.05) is 11.4 Å². The third-order valence-corrected chi connectivity index (χ3v) is 7.12. The molecule has 2 aliphatic rings. The molecular weight excluding hydrogens is 383 g/mol. The molecule has 0 saturated carbocycles. The predicted molar refractivity (Wildman–Crippen MR) is 101 cm³/mol. The van der Waals surface area contributed by atoms with Gasteiger partial charge >= 0.3 is 0 Å². The van der Waals surface area contributed by atoms with Gasteiger partial charge in [-0.05, 0) is 55.7 Å². The third-order valence-electron chi connectivity index (χ3n) is 5.28. The molecule has 146 valence electrons. The van der Waals surface area contributed by atoms with Gasteiger partial charge in [-0.25, -0.2) is 17.1 Å². The van der Waals surface area contributed by atoms with Crippen LogP contribution in [0.4, 0.5) is 10.1 Å². The van der Waals surface area contributed by atoms with Crippen molar-refractivity contribution in [1.82, 2.24) is 4.31 Å². The van der Waals surface area contributed by atoms with Crippen molar-refractivity contribution in [3.05, 3.63) is 59.4 Å². The maximum atomic E-state index is 13.5. The zero-order chi connectivity index (χ0) is 20.1. The highest BCUT2D eigenvalue weighted by Crippen LogP contribution is 2.33. The van der Waals surface area contributed by atoms with Gasteiger partial charge in [-0.1, -0.05) is 12.1 Å². The lowest BCUT2D eigenvalue weighted by atomic mass is 9.96. The van der Waals surface area contributed by atoms with Crippen molar-refractivity contribution in [2.45, 2.75) is 37.1 Å². The van der Waals surface area contributed by atoms with E-state index in [4.69, 9.17) is 0 Å². The predicted octanol–water partition coefficient (Wildman–Crippen LogP) is 2.73. The van der Waals surface area contributed by atoms with E-state index in [-0.39, 0.29) is 41.2 Å². The van der Waals surface area contributed by atoms with Crippen LogP contribution in [0.3, 0.4) is 0 Å². The molecule has 8 heteroatoms. The number of benzene rings is 2. The van der Waals surface area contributed by atoms with Crippen LogP contribution in [-0.4, -0.2) is 37.1 Å². The summed E-state index contributed by atoms with van der Waals surface area (Å²) in [5, 5.41) is 0. The van der Waals surface area contributed by atoms with Crippen LogP contribution in [0.2, 0.25) is 0 Å². The van der Waals surface area contributed by atoms with Crippen LogP contribution in [-0.2, 0) is 21.2 Å². The average Bonchev–Trinajstić information content (AvgIpc) is 2.86. The molecule has 0 aliphatic carbocycles. The van der Waals surface area contributed by atoms with Gasteiger partial charge in [-0.3, -0.25) is 9.59 Å². The van der Waals surface area contributed by atoms with E-state index in [0.29, 0.717) is 18.5 Å². The standard InChI is InChI=1S/C20H19FN2O4S/c1-13-6-7-14-12-15(21)8-9-17(14)23(13)19(24)10-11-22-20(25)16-4-2-3-5-18(16)28(22,26)27/h2-5,8-9,12-13H,6-7,10-11H2,1H3/t13-/m0/s1. The molecule has 6 nitrogen and oxygen atoms in total. The molecule has 0 saturated heterocycles. The van der Waals surface area contributed by atoms with Crippen LogP contribution < -0.4 is 4.90 Å². The Balaban J connectivity index is 1.55. The molecule has 0 N–H and O–H groups in total. The summed E-state index contributed by atoms with van der Waals surface area (Å²) in [5.74, 6) is -1.26. The first-order valence-corrected chi connectivity index (χ1v) is 10.5. The first kappa shape index (κ1) is 18.6. The number of hydrogen-bond acceptors (Lipinski definition) is 4. The Morgan fingerprint density at radius 3 is 2.71 bits per heavy atom. The van der Waals surface area contributed by atoms with Gasteiger partial charge in [0, 0.05) is 24.7 Å². The molecule has 2 aromatic carbocycles. The Kier molecular flexibility index (Phi) is 4.45. The minimum atomic E-state index is -3.94. The molecule has 2 amide bonds. The summed E-state index contributed by atoms with van der Waals surface area (Å²) < 4.78 is 39.5. The summed E-state index contributed by atoms with van der Waals surface area (Å²) >= 11 is 0. The number of anilines is 1. The number of aryl methyl sites for hydroxylation is 1. The van der Waals surface area contributed by atoms with E-state index in [2.05, 4.69) is 0 Å². The fourth-order valence-electron chi connectivity index (χ4n) is 3.87. The Morgan fingerprint density at radius 2 is 1.96 bits per heavy atom. The summed E-state index contributed by atoms with van der Waals surface area (Å²) in [6.07, 6.45) is 1.22.